The molecule has 0 radical (unpaired) electrons. The number of methoxy groups -OCH3 is 1. The van der Waals surface area contributed by atoms with Crippen molar-refractivity contribution in [1.29, 1.82) is 0 Å². The van der Waals surface area contributed by atoms with E-state index in [1.54, 1.807) is 25.5 Å². The number of aromatic nitrogens is 2. The Labute approximate surface area is 147 Å². The fourth-order valence-electron chi connectivity index (χ4n) is 2.82. The fraction of sp³-hybridized carbons (Fsp3) is 0.190. The van der Waals surface area contributed by atoms with Crippen LogP contribution >= 0.6 is 0 Å². The Bertz CT molecular complexity index is 880. The standard InChI is InChI=1S/C21H20N2O2/c1-4-16(25-3)12-17-14(2)10-11-18-20(21(17)24)23-19(13-22-18)15-8-6-5-7-9-15/h4-9,12-13H,1,10-11H2,2-3H3/b16-12+. The van der Waals surface area contributed by atoms with Crippen molar-refractivity contribution >= 4 is 5.78 Å². The maximum atomic E-state index is 13.1. The summed E-state index contributed by atoms with van der Waals surface area (Å²) in [5, 5.41) is 0. The lowest BCUT2D eigenvalue weighted by Gasteiger charge is -2.08. The minimum Gasteiger partial charge on any atom is -0.497 e. The molecular weight excluding hydrogens is 312 g/mol. The maximum Gasteiger partial charge on any atom is 0.213 e. The second kappa shape index (κ2) is 7.26. The van der Waals surface area contributed by atoms with Gasteiger partial charge in [-0.15, -0.1) is 0 Å². The smallest absolute Gasteiger partial charge is 0.213 e. The summed E-state index contributed by atoms with van der Waals surface area (Å²) in [5.41, 5.74) is 4.41. The van der Waals surface area contributed by atoms with Crippen molar-refractivity contribution in [3.05, 3.63) is 83.6 Å². The van der Waals surface area contributed by atoms with Gasteiger partial charge in [-0.1, -0.05) is 42.5 Å². The van der Waals surface area contributed by atoms with Gasteiger partial charge in [-0.25, -0.2) is 4.98 Å². The van der Waals surface area contributed by atoms with Crippen LogP contribution in [-0.2, 0) is 11.2 Å². The van der Waals surface area contributed by atoms with E-state index >= 15 is 0 Å². The molecule has 1 aliphatic rings. The number of ether oxygens (including phenoxy) is 1. The molecule has 0 saturated heterocycles. The molecule has 4 heteroatoms. The average molecular weight is 332 g/mol. The first-order valence-electron chi connectivity index (χ1n) is 8.18. The molecule has 126 valence electrons. The first-order valence-corrected chi connectivity index (χ1v) is 8.18. The number of allylic oxidation sites excluding steroid dienone is 4. The van der Waals surface area contributed by atoms with E-state index < -0.39 is 0 Å². The van der Waals surface area contributed by atoms with Crippen molar-refractivity contribution in [3.63, 3.8) is 0 Å². The Kier molecular flexibility index (Phi) is 4.89. The van der Waals surface area contributed by atoms with Gasteiger partial charge in [-0.3, -0.25) is 9.78 Å². The zero-order valence-electron chi connectivity index (χ0n) is 14.5. The Morgan fingerprint density at radius 1 is 1.24 bits per heavy atom. The normalized spacial score (nSPS) is 14.8. The zero-order valence-corrected chi connectivity index (χ0v) is 14.5. The van der Waals surface area contributed by atoms with E-state index in [0.717, 1.165) is 23.3 Å². The number of rotatable bonds is 4. The van der Waals surface area contributed by atoms with Crippen LogP contribution < -0.4 is 0 Å². The molecule has 0 fully saturated rings. The summed E-state index contributed by atoms with van der Waals surface area (Å²) < 4.78 is 5.24. The van der Waals surface area contributed by atoms with Gasteiger partial charge in [0.2, 0.25) is 5.78 Å². The molecular formula is C21H20N2O2. The van der Waals surface area contributed by atoms with Crippen LogP contribution in [0.15, 0.2) is 72.2 Å². The molecule has 0 amide bonds. The number of carbonyl (C=O) groups is 1. The van der Waals surface area contributed by atoms with Crippen LogP contribution in [0.4, 0.5) is 0 Å². The van der Waals surface area contributed by atoms with Crippen LogP contribution in [0.1, 0.15) is 29.5 Å². The van der Waals surface area contributed by atoms with Crippen molar-refractivity contribution in [2.24, 2.45) is 0 Å². The number of hydrogen-bond acceptors (Lipinski definition) is 4. The molecule has 1 aromatic heterocycles. The lowest BCUT2D eigenvalue weighted by Crippen LogP contribution is -2.10. The van der Waals surface area contributed by atoms with Gasteiger partial charge in [0, 0.05) is 11.1 Å². The molecule has 0 bridgehead atoms. The van der Waals surface area contributed by atoms with Crippen molar-refractivity contribution in [2.75, 3.05) is 7.11 Å². The van der Waals surface area contributed by atoms with Crippen molar-refractivity contribution in [2.45, 2.75) is 19.8 Å². The molecule has 0 N–H and O–H groups in total. The SMILES string of the molecule is C=C/C(=C\C1=C(C)CCc2ncc(-c3ccccc3)nc2C1=O)OC. The summed E-state index contributed by atoms with van der Waals surface area (Å²) in [6.07, 6.45) is 6.52. The number of fused-ring (bicyclic) bond motifs is 1. The Balaban J connectivity index is 2.09. The Hall–Kier alpha value is -3.01. The van der Waals surface area contributed by atoms with Crippen molar-refractivity contribution in [3.8, 4) is 11.3 Å². The highest BCUT2D eigenvalue weighted by Gasteiger charge is 2.24. The predicted octanol–water partition coefficient (Wildman–Crippen LogP) is 4.31. The third-order valence-corrected chi connectivity index (χ3v) is 4.30. The van der Waals surface area contributed by atoms with Crippen molar-refractivity contribution < 1.29 is 9.53 Å². The van der Waals surface area contributed by atoms with E-state index in [4.69, 9.17) is 4.74 Å². The summed E-state index contributed by atoms with van der Waals surface area (Å²) in [6, 6.07) is 9.75. The molecule has 1 aromatic carbocycles. The summed E-state index contributed by atoms with van der Waals surface area (Å²) in [7, 11) is 1.56. The largest absolute Gasteiger partial charge is 0.497 e. The third kappa shape index (κ3) is 3.43. The van der Waals surface area contributed by atoms with Crippen LogP contribution in [0.3, 0.4) is 0 Å². The third-order valence-electron chi connectivity index (χ3n) is 4.30. The first-order chi connectivity index (χ1) is 12.1. The molecule has 1 aliphatic carbocycles. The number of nitrogens with zero attached hydrogens (tertiary/aromatic N) is 2. The van der Waals surface area contributed by atoms with Crippen LogP contribution in [0.25, 0.3) is 11.3 Å². The first kappa shape index (κ1) is 16.8. The second-order valence-corrected chi connectivity index (χ2v) is 5.89. The number of hydrogen-bond donors (Lipinski definition) is 0. The van der Waals surface area contributed by atoms with Gasteiger partial charge >= 0.3 is 0 Å². The molecule has 0 aliphatic heterocycles. The Morgan fingerprint density at radius 3 is 2.68 bits per heavy atom. The van der Waals surface area contributed by atoms with Gasteiger partial charge in [0.25, 0.3) is 0 Å². The van der Waals surface area contributed by atoms with E-state index in [0.29, 0.717) is 29.1 Å². The molecule has 3 rings (SSSR count). The molecule has 1 heterocycles. The second-order valence-electron chi connectivity index (χ2n) is 5.89. The minimum atomic E-state index is -0.119. The lowest BCUT2D eigenvalue weighted by atomic mass is 10.0. The minimum absolute atomic E-state index is 0.119. The molecule has 0 saturated carbocycles. The van der Waals surface area contributed by atoms with Crippen LogP contribution in [-0.4, -0.2) is 22.9 Å². The van der Waals surface area contributed by atoms with Gasteiger partial charge in [-0.2, -0.15) is 0 Å². The van der Waals surface area contributed by atoms with E-state index in [1.165, 1.54) is 0 Å². The summed E-state index contributed by atoms with van der Waals surface area (Å²) >= 11 is 0. The van der Waals surface area contributed by atoms with Gasteiger partial charge in [0.05, 0.1) is 24.7 Å². The van der Waals surface area contributed by atoms with Crippen LogP contribution in [0.2, 0.25) is 0 Å². The van der Waals surface area contributed by atoms with E-state index in [-0.39, 0.29) is 5.78 Å². The highest BCUT2D eigenvalue weighted by Crippen LogP contribution is 2.26. The van der Waals surface area contributed by atoms with E-state index in [2.05, 4.69) is 16.5 Å². The molecule has 2 aromatic rings. The molecule has 0 atom stereocenters. The quantitative estimate of drug-likeness (QED) is 0.618. The topological polar surface area (TPSA) is 52.1 Å². The molecule has 0 unspecified atom stereocenters. The van der Waals surface area contributed by atoms with Gasteiger partial charge in [0.15, 0.2) is 0 Å². The van der Waals surface area contributed by atoms with Gasteiger partial charge in [0.1, 0.15) is 11.5 Å². The summed E-state index contributed by atoms with van der Waals surface area (Å²) in [4.78, 5) is 22.2. The average Bonchev–Trinajstić information content (AvgIpc) is 2.77. The van der Waals surface area contributed by atoms with Gasteiger partial charge < -0.3 is 4.74 Å². The van der Waals surface area contributed by atoms with Crippen molar-refractivity contribution in [1.82, 2.24) is 9.97 Å². The monoisotopic (exact) mass is 332 g/mol. The Morgan fingerprint density at radius 2 is 2.00 bits per heavy atom. The number of aryl methyl sites for hydroxylation is 1. The van der Waals surface area contributed by atoms with Gasteiger partial charge in [-0.05, 0) is 31.9 Å². The summed E-state index contributed by atoms with van der Waals surface area (Å²) in [6.45, 7) is 5.68. The number of benzene rings is 1. The number of carbonyl (C=O) groups excluding carboxylic acids is 1. The van der Waals surface area contributed by atoms with E-state index in [9.17, 15) is 4.79 Å². The predicted molar refractivity (Wildman–Crippen MR) is 98.1 cm³/mol. The number of Topliss-reactive ketones (excluding diaryl/α,β-unsaturated/α-hetero) is 1. The number of ketones is 1. The molecule has 0 spiro atoms. The summed E-state index contributed by atoms with van der Waals surface area (Å²) in [5.74, 6) is 0.435. The lowest BCUT2D eigenvalue weighted by molar-refractivity contribution is 0.103. The fourth-order valence-corrected chi connectivity index (χ4v) is 2.82. The highest BCUT2D eigenvalue weighted by atomic mass is 16.5. The maximum absolute atomic E-state index is 13.1. The van der Waals surface area contributed by atoms with Crippen LogP contribution in [0.5, 0.6) is 0 Å². The zero-order chi connectivity index (χ0) is 17.8. The highest BCUT2D eigenvalue weighted by molar-refractivity contribution is 6.11. The molecule has 25 heavy (non-hydrogen) atoms. The van der Waals surface area contributed by atoms with Crippen LogP contribution in [0, 0.1) is 0 Å². The van der Waals surface area contributed by atoms with E-state index in [1.807, 2.05) is 37.3 Å². The molecule has 4 nitrogen and oxygen atoms in total.